The minimum Gasteiger partial charge on any atom is -0.372 e. The van der Waals surface area contributed by atoms with Crippen molar-refractivity contribution in [1.82, 2.24) is 9.88 Å². The highest BCUT2D eigenvalue weighted by molar-refractivity contribution is 5.94. The Morgan fingerprint density at radius 1 is 1.32 bits per heavy atom. The number of nitrogens with zero attached hydrogens (tertiary/aromatic N) is 3. The van der Waals surface area contributed by atoms with Crippen LogP contribution in [0.15, 0.2) is 18.3 Å². The first-order valence-electron chi connectivity index (χ1n) is 6.55. The van der Waals surface area contributed by atoms with Gasteiger partial charge in [0, 0.05) is 33.4 Å². The smallest absolute Gasteiger partial charge is 0.255 e. The molecule has 0 saturated carbocycles. The Morgan fingerprint density at radius 2 is 1.95 bits per heavy atom. The van der Waals surface area contributed by atoms with E-state index in [-0.39, 0.29) is 18.1 Å². The summed E-state index contributed by atoms with van der Waals surface area (Å²) < 4.78 is 5.64. The van der Waals surface area contributed by atoms with E-state index >= 15 is 0 Å². The van der Waals surface area contributed by atoms with Gasteiger partial charge in [-0.3, -0.25) is 4.79 Å². The van der Waals surface area contributed by atoms with E-state index in [4.69, 9.17) is 4.74 Å². The number of anilines is 1. The Bertz CT molecular complexity index is 435. The van der Waals surface area contributed by atoms with Crippen molar-refractivity contribution < 1.29 is 9.53 Å². The summed E-state index contributed by atoms with van der Waals surface area (Å²) in [5.74, 6) is 0.875. The zero-order chi connectivity index (χ0) is 14.0. The van der Waals surface area contributed by atoms with Crippen molar-refractivity contribution in [2.24, 2.45) is 0 Å². The molecule has 0 radical (unpaired) electrons. The Balaban J connectivity index is 2.10. The summed E-state index contributed by atoms with van der Waals surface area (Å²) in [4.78, 5) is 20.4. The van der Waals surface area contributed by atoms with Gasteiger partial charge in [0.05, 0.1) is 17.8 Å². The van der Waals surface area contributed by atoms with Gasteiger partial charge in [-0.25, -0.2) is 4.98 Å². The Hall–Kier alpha value is -1.62. The van der Waals surface area contributed by atoms with Crippen LogP contribution in [0.4, 0.5) is 5.82 Å². The molecule has 2 atom stereocenters. The number of aromatic nitrogens is 1. The molecule has 2 rings (SSSR count). The Labute approximate surface area is 114 Å². The molecule has 0 aromatic carbocycles. The first-order chi connectivity index (χ1) is 8.97. The molecule has 5 nitrogen and oxygen atoms in total. The molecule has 19 heavy (non-hydrogen) atoms. The average molecular weight is 263 g/mol. The van der Waals surface area contributed by atoms with E-state index in [0.29, 0.717) is 18.7 Å². The molecule has 1 aromatic heterocycles. The highest BCUT2D eigenvalue weighted by Crippen LogP contribution is 2.15. The summed E-state index contributed by atoms with van der Waals surface area (Å²) in [6.07, 6.45) is 1.81. The van der Waals surface area contributed by atoms with Gasteiger partial charge >= 0.3 is 0 Å². The van der Waals surface area contributed by atoms with Gasteiger partial charge in [0.15, 0.2) is 0 Å². The predicted octanol–water partition coefficient (Wildman–Crippen LogP) is 1.40. The molecule has 1 aliphatic heterocycles. The Kier molecular flexibility index (Phi) is 4.04. The topological polar surface area (TPSA) is 45.7 Å². The van der Waals surface area contributed by atoms with Crippen molar-refractivity contribution in [3.05, 3.63) is 23.9 Å². The van der Waals surface area contributed by atoms with Crippen molar-refractivity contribution >= 4 is 11.7 Å². The molecule has 1 aliphatic rings. The zero-order valence-electron chi connectivity index (χ0n) is 12.0. The molecule has 2 heterocycles. The van der Waals surface area contributed by atoms with E-state index in [1.54, 1.807) is 6.20 Å². The number of carbonyl (C=O) groups excluding carboxylic acids is 1. The standard InChI is InChI=1S/C14H21N3O2/c1-10-8-17(9-11(2)19-10)14(18)12-5-6-13(15-7-12)16(3)4/h5-7,10-11H,8-9H2,1-4H3. The minimum absolute atomic E-state index is 0.0276. The third-order valence-electron chi connectivity index (χ3n) is 3.16. The van der Waals surface area contributed by atoms with Crippen LogP contribution >= 0.6 is 0 Å². The fourth-order valence-corrected chi connectivity index (χ4v) is 2.30. The second kappa shape index (κ2) is 5.57. The van der Waals surface area contributed by atoms with Gasteiger partial charge in [0.2, 0.25) is 0 Å². The average Bonchev–Trinajstić information content (AvgIpc) is 2.37. The number of ether oxygens (including phenoxy) is 1. The monoisotopic (exact) mass is 263 g/mol. The maximum absolute atomic E-state index is 12.4. The second-order valence-electron chi connectivity index (χ2n) is 5.27. The first kappa shape index (κ1) is 13.8. The lowest BCUT2D eigenvalue weighted by Crippen LogP contribution is -2.48. The summed E-state index contributed by atoms with van der Waals surface area (Å²) in [5, 5.41) is 0. The van der Waals surface area contributed by atoms with Crippen molar-refractivity contribution in [2.45, 2.75) is 26.1 Å². The van der Waals surface area contributed by atoms with Gasteiger partial charge < -0.3 is 14.5 Å². The molecule has 2 unspecified atom stereocenters. The lowest BCUT2D eigenvalue weighted by Gasteiger charge is -2.35. The van der Waals surface area contributed by atoms with Gasteiger partial charge in [-0.1, -0.05) is 0 Å². The van der Waals surface area contributed by atoms with Crippen LogP contribution in [-0.2, 0) is 4.74 Å². The van der Waals surface area contributed by atoms with Gasteiger partial charge in [0.25, 0.3) is 5.91 Å². The fourth-order valence-electron chi connectivity index (χ4n) is 2.30. The summed E-state index contributed by atoms with van der Waals surface area (Å²) in [6.45, 7) is 5.25. The van der Waals surface area contributed by atoms with Crippen LogP contribution in [0.1, 0.15) is 24.2 Å². The maximum Gasteiger partial charge on any atom is 0.255 e. The van der Waals surface area contributed by atoms with Crippen LogP contribution in [0, 0.1) is 0 Å². The zero-order valence-corrected chi connectivity index (χ0v) is 12.0. The lowest BCUT2D eigenvalue weighted by molar-refractivity contribution is -0.0586. The molecule has 1 saturated heterocycles. The number of hydrogen-bond acceptors (Lipinski definition) is 4. The van der Waals surface area contributed by atoms with E-state index in [1.165, 1.54) is 0 Å². The van der Waals surface area contributed by atoms with Crippen LogP contribution in [0.3, 0.4) is 0 Å². The number of rotatable bonds is 2. The molecule has 1 amide bonds. The number of amides is 1. The largest absolute Gasteiger partial charge is 0.372 e. The molecule has 0 N–H and O–H groups in total. The molecule has 104 valence electrons. The van der Waals surface area contributed by atoms with Gasteiger partial charge in [-0.05, 0) is 26.0 Å². The van der Waals surface area contributed by atoms with E-state index in [1.807, 2.05) is 49.9 Å². The molecule has 1 fully saturated rings. The molecular formula is C14H21N3O2. The van der Waals surface area contributed by atoms with Crippen molar-refractivity contribution in [2.75, 3.05) is 32.1 Å². The summed E-state index contributed by atoms with van der Waals surface area (Å²) in [7, 11) is 3.85. The van der Waals surface area contributed by atoms with E-state index in [9.17, 15) is 4.79 Å². The Morgan fingerprint density at radius 3 is 2.42 bits per heavy atom. The van der Waals surface area contributed by atoms with E-state index < -0.39 is 0 Å². The molecule has 0 bridgehead atoms. The molecule has 0 spiro atoms. The van der Waals surface area contributed by atoms with Gasteiger partial charge in [-0.2, -0.15) is 0 Å². The maximum atomic E-state index is 12.4. The highest BCUT2D eigenvalue weighted by atomic mass is 16.5. The van der Waals surface area contributed by atoms with Crippen molar-refractivity contribution in [1.29, 1.82) is 0 Å². The molecule has 0 aliphatic carbocycles. The first-order valence-corrected chi connectivity index (χ1v) is 6.55. The molecule has 1 aromatic rings. The van der Waals surface area contributed by atoms with Crippen LogP contribution < -0.4 is 4.90 Å². The van der Waals surface area contributed by atoms with E-state index in [0.717, 1.165) is 5.82 Å². The third-order valence-corrected chi connectivity index (χ3v) is 3.16. The normalized spacial score (nSPS) is 23.3. The van der Waals surface area contributed by atoms with Crippen LogP contribution in [0.5, 0.6) is 0 Å². The fraction of sp³-hybridized carbons (Fsp3) is 0.571. The SMILES string of the molecule is CC1CN(C(=O)c2ccc(N(C)C)nc2)CC(C)O1. The number of carbonyl (C=O) groups is 1. The number of morpholine rings is 1. The van der Waals surface area contributed by atoms with Crippen LogP contribution in [0.2, 0.25) is 0 Å². The summed E-state index contributed by atoms with van der Waals surface area (Å²) in [5.41, 5.74) is 0.631. The summed E-state index contributed by atoms with van der Waals surface area (Å²) >= 11 is 0. The summed E-state index contributed by atoms with van der Waals surface area (Å²) in [6, 6.07) is 3.69. The minimum atomic E-state index is 0.0276. The van der Waals surface area contributed by atoms with Crippen molar-refractivity contribution in [3.8, 4) is 0 Å². The lowest BCUT2D eigenvalue weighted by atomic mass is 10.2. The molecular weight excluding hydrogens is 242 g/mol. The number of hydrogen-bond donors (Lipinski definition) is 0. The molecule has 5 heteroatoms. The van der Waals surface area contributed by atoms with Crippen LogP contribution in [0.25, 0.3) is 0 Å². The highest BCUT2D eigenvalue weighted by Gasteiger charge is 2.26. The van der Waals surface area contributed by atoms with Gasteiger partial charge in [-0.15, -0.1) is 0 Å². The second-order valence-corrected chi connectivity index (χ2v) is 5.27. The quantitative estimate of drug-likeness (QED) is 0.809. The van der Waals surface area contributed by atoms with E-state index in [2.05, 4.69) is 4.98 Å². The third kappa shape index (κ3) is 3.23. The van der Waals surface area contributed by atoms with Crippen molar-refractivity contribution in [3.63, 3.8) is 0 Å². The number of pyridine rings is 1. The van der Waals surface area contributed by atoms with Gasteiger partial charge in [0.1, 0.15) is 5.82 Å². The van der Waals surface area contributed by atoms with Crippen LogP contribution in [-0.4, -0.2) is 55.2 Å². The predicted molar refractivity (Wildman–Crippen MR) is 74.5 cm³/mol.